The number of piperidine rings is 1. The van der Waals surface area contributed by atoms with Crippen molar-refractivity contribution in [3.8, 4) is 0 Å². The van der Waals surface area contributed by atoms with E-state index in [9.17, 15) is 0 Å². The standard InChI is InChI=1S/C16H25NO/c1-14(9-12-18)17-10-7-16(8-11-17)13-15-5-3-2-4-6-15/h2-6,14,16,18H,7-13H2,1H3. The molecule has 2 rings (SSSR count). The fourth-order valence-corrected chi connectivity index (χ4v) is 2.91. The van der Waals surface area contributed by atoms with Crippen LogP contribution >= 0.6 is 0 Å². The van der Waals surface area contributed by atoms with Crippen LogP contribution in [0.25, 0.3) is 0 Å². The summed E-state index contributed by atoms with van der Waals surface area (Å²) in [5.74, 6) is 0.838. The van der Waals surface area contributed by atoms with Gasteiger partial charge in [0, 0.05) is 12.6 Å². The van der Waals surface area contributed by atoms with E-state index in [0.717, 1.165) is 12.3 Å². The van der Waals surface area contributed by atoms with Gasteiger partial charge in [-0.2, -0.15) is 0 Å². The Balaban J connectivity index is 1.77. The Labute approximate surface area is 111 Å². The SMILES string of the molecule is CC(CCO)N1CCC(Cc2ccccc2)CC1. The third-order valence-corrected chi connectivity index (χ3v) is 4.19. The highest BCUT2D eigenvalue weighted by Gasteiger charge is 2.22. The van der Waals surface area contributed by atoms with Crippen LogP contribution in [0.4, 0.5) is 0 Å². The molecule has 2 heteroatoms. The Morgan fingerprint density at radius 2 is 1.89 bits per heavy atom. The van der Waals surface area contributed by atoms with Crippen LogP contribution in [0.5, 0.6) is 0 Å². The first-order valence-corrected chi connectivity index (χ1v) is 7.18. The van der Waals surface area contributed by atoms with Crippen molar-refractivity contribution < 1.29 is 5.11 Å². The lowest BCUT2D eigenvalue weighted by Crippen LogP contribution is -2.40. The fourth-order valence-electron chi connectivity index (χ4n) is 2.91. The number of hydrogen-bond donors (Lipinski definition) is 1. The maximum atomic E-state index is 8.99. The van der Waals surface area contributed by atoms with Crippen molar-refractivity contribution in [3.63, 3.8) is 0 Å². The molecule has 0 spiro atoms. The van der Waals surface area contributed by atoms with E-state index in [2.05, 4.69) is 42.2 Å². The van der Waals surface area contributed by atoms with Crippen molar-refractivity contribution in [1.29, 1.82) is 0 Å². The lowest BCUT2D eigenvalue weighted by atomic mass is 9.89. The lowest BCUT2D eigenvalue weighted by molar-refractivity contribution is 0.120. The Morgan fingerprint density at radius 3 is 2.50 bits per heavy atom. The highest BCUT2D eigenvalue weighted by atomic mass is 16.3. The second kappa shape index (κ2) is 6.91. The van der Waals surface area contributed by atoms with E-state index >= 15 is 0 Å². The molecule has 1 aromatic carbocycles. The molecule has 1 aromatic rings. The molecule has 1 aliphatic rings. The van der Waals surface area contributed by atoms with E-state index in [1.165, 1.54) is 37.9 Å². The monoisotopic (exact) mass is 247 g/mol. The zero-order chi connectivity index (χ0) is 12.8. The van der Waals surface area contributed by atoms with Crippen molar-refractivity contribution >= 4 is 0 Å². The summed E-state index contributed by atoms with van der Waals surface area (Å²) in [5, 5.41) is 8.99. The molecule has 2 nitrogen and oxygen atoms in total. The molecule has 1 fully saturated rings. The molecule has 18 heavy (non-hydrogen) atoms. The van der Waals surface area contributed by atoms with Crippen LogP contribution < -0.4 is 0 Å². The minimum absolute atomic E-state index is 0.311. The summed E-state index contributed by atoms with van der Waals surface area (Å²) in [6, 6.07) is 11.4. The normalized spacial score (nSPS) is 19.9. The van der Waals surface area contributed by atoms with Crippen molar-refractivity contribution in [3.05, 3.63) is 35.9 Å². The van der Waals surface area contributed by atoms with Crippen LogP contribution in [-0.2, 0) is 6.42 Å². The molecule has 0 amide bonds. The van der Waals surface area contributed by atoms with Gasteiger partial charge >= 0.3 is 0 Å². The molecular weight excluding hydrogens is 222 g/mol. The van der Waals surface area contributed by atoms with Crippen LogP contribution in [-0.4, -0.2) is 35.7 Å². The van der Waals surface area contributed by atoms with Gasteiger partial charge in [0.2, 0.25) is 0 Å². The third kappa shape index (κ3) is 3.82. The summed E-state index contributed by atoms with van der Waals surface area (Å²) in [7, 11) is 0. The second-order valence-electron chi connectivity index (χ2n) is 5.53. The third-order valence-electron chi connectivity index (χ3n) is 4.19. The largest absolute Gasteiger partial charge is 0.396 e. The van der Waals surface area contributed by atoms with E-state index in [0.29, 0.717) is 12.6 Å². The van der Waals surface area contributed by atoms with Crippen molar-refractivity contribution in [2.45, 2.75) is 38.6 Å². The van der Waals surface area contributed by atoms with Crippen LogP contribution in [0.15, 0.2) is 30.3 Å². The highest BCUT2D eigenvalue weighted by Crippen LogP contribution is 2.23. The fraction of sp³-hybridized carbons (Fsp3) is 0.625. The highest BCUT2D eigenvalue weighted by molar-refractivity contribution is 5.15. The second-order valence-corrected chi connectivity index (χ2v) is 5.53. The number of aliphatic hydroxyl groups excluding tert-OH is 1. The Bertz CT molecular complexity index is 330. The molecular formula is C16H25NO. The van der Waals surface area contributed by atoms with Gasteiger partial charge in [0.15, 0.2) is 0 Å². The summed E-state index contributed by atoms with van der Waals surface area (Å²) in [6.07, 6.45) is 4.72. The number of likely N-dealkylation sites (tertiary alicyclic amines) is 1. The van der Waals surface area contributed by atoms with Crippen molar-refractivity contribution in [1.82, 2.24) is 4.90 Å². The maximum Gasteiger partial charge on any atom is 0.0445 e. The van der Waals surface area contributed by atoms with E-state index in [-0.39, 0.29) is 0 Å². The predicted octanol–water partition coefficient (Wildman–Crippen LogP) is 2.71. The Hall–Kier alpha value is -0.860. The first kappa shape index (κ1) is 13.6. The Morgan fingerprint density at radius 1 is 1.22 bits per heavy atom. The number of nitrogens with zero attached hydrogens (tertiary/aromatic N) is 1. The summed E-state index contributed by atoms with van der Waals surface area (Å²) < 4.78 is 0. The van der Waals surface area contributed by atoms with Gasteiger partial charge in [-0.25, -0.2) is 0 Å². The summed E-state index contributed by atoms with van der Waals surface area (Å²) >= 11 is 0. The van der Waals surface area contributed by atoms with Crippen LogP contribution in [0.1, 0.15) is 31.7 Å². The topological polar surface area (TPSA) is 23.5 Å². The summed E-state index contributed by atoms with van der Waals surface area (Å²) in [5.41, 5.74) is 1.47. The minimum atomic E-state index is 0.311. The molecule has 1 saturated heterocycles. The average molecular weight is 247 g/mol. The number of benzene rings is 1. The zero-order valence-corrected chi connectivity index (χ0v) is 11.4. The van der Waals surface area contributed by atoms with Gasteiger partial charge in [-0.3, -0.25) is 0 Å². The molecule has 1 atom stereocenters. The Kier molecular flexibility index (Phi) is 5.21. The molecule has 0 saturated carbocycles. The van der Waals surface area contributed by atoms with Crippen LogP contribution in [0, 0.1) is 5.92 Å². The van der Waals surface area contributed by atoms with E-state index in [1.807, 2.05) is 0 Å². The lowest BCUT2D eigenvalue weighted by Gasteiger charge is -2.36. The van der Waals surface area contributed by atoms with Crippen LogP contribution in [0.3, 0.4) is 0 Å². The van der Waals surface area contributed by atoms with E-state index in [1.54, 1.807) is 0 Å². The molecule has 0 aromatic heterocycles. The van der Waals surface area contributed by atoms with Crippen LogP contribution in [0.2, 0.25) is 0 Å². The first-order valence-electron chi connectivity index (χ1n) is 7.18. The number of rotatable bonds is 5. The van der Waals surface area contributed by atoms with E-state index in [4.69, 9.17) is 5.11 Å². The first-order chi connectivity index (χ1) is 8.79. The van der Waals surface area contributed by atoms with Crippen molar-refractivity contribution in [2.24, 2.45) is 5.92 Å². The van der Waals surface area contributed by atoms with Gasteiger partial charge in [-0.15, -0.1) is 0 Å². The van der Waals surface area contributed by atoms with Gasteiger partial charge in [0.25, 0.3) is 0 Å². The summed E-state index contributed by atoms with van der Waals surface area (Å²) in [6.45, 7) is 4.93. The smallest absolute Gasteiger partial charge is 0.0445 e. The molecule has 1 aliphatic heterocycles. The molecule has 100 valence electrons. The van der Waals surface area contributed by atoms with E-state index < -0.39 is 0 Å². The molecule has 0 radical (unpaired) electrons. The van der Waals surface area contributed by atoms with Gasteiger partial charge < -0.3 is 10.0 Å². The quantitative estimate of drug-likeness (QED) is 0.865. The number of aliphatic hydroxyl groups is 1. The minimum Gasteiger partial charge on any atom is -0.396 e. The predicted molar refractivity (Wildman–Crippen MR) is 75.6 cm³/mol. The maximum absolute atomic E-state index is 8.99. The average Bonchev–Trinajstić information content (AvgIpc) is 2.41. The molecule has 1 N–H and O–H groups in total. The molecule has 1 unspecified atom stereocenters. The summed E-state index contributed by atoms with van der Waals surface area (Å²) in [4.78, 5) is 2.53. The molecule has 1 heterocycles. The van der Waals surface area contributed by atoms with Gasteiger partial charge in [0.05, 0.1) is 0 Å². The van der Waals surface area contributed by atoms with Crippen molar-refractivity contribution in [2.75, 3.05) is 19.7 Å². The zero-order valence-electron chi connectivity index (χ0n) is 11.4. The van der Waals surface area contributed by atoms with Gasteiger partial charge in [0.1, 0.15) is 0 Å². The van der Waals surface area contributed by atoms with Gasteiger partial charge in [-0.05, 0) is 57.2 Å². The number of hydrogen-bond acceptors (Lipinski definition) is 2. The molecule has 0 bridgehead atoms. The van der Waals surface area contributed by atoms with Gasteiger partial charge in [-0.1, -0.05) is 30.3 Å². The molecule has 0 aliphatic carbocycles.